The Morgan fingerprint density at radius 2 is 1.90 bits per heavy atom. The standard InChI is InChI=1S/C17H15NO2S/c1-2-20-17(19)16-14(18)10-15(21-16)13-8-7-11-5-3-4-6-12(11)9-13/h3-10H,2,18H2,1H3. The lowest BCUT2D eigenvalue weighted by Gasteiger charge is -2.01. The maximum Gasteiger partial charge on any atom is 0.350 e. The number of fused-ring (bicyclic) bond motifs is 1. The molecule has 0 aliphatic rings. The summed E-state index contributed by atoms with van der Waals surface area (Å²) in [5.74, 6) is -0.355. The first-order valence-electron chi connectivity index (χ1n) is 6.74. The molecular formula is C17H15NO2S. The fourth-order valence-electron chi connectivity index (χ4n) is 2.25. The molecule has 21 heavy (non-hydrogen) atoms. The quantitative estimate of drug-likeness (QED) is 0.732. The fourth-order valence-corrected chi connectivity index (χ4v) is 3.22. The zero-order valence-electron chi connectivity index (χ0n) is 11.6. The summed E-state index contributed by atoms with van der Waals surface area (Å²) in [7, 11) is 0. The summed E-state index contributed by atoms with van der Waals surface area (Å²) in [6.45, 7) is 2.13. The summed E-state index contributed by atoms with van der Waals surface area (Å²) in [5, 5.41) is 2.36. The van der Waals surface area contributed by atoms with Crippen molar-refractivity contribution in [3.05, 3.63) is 53.4 Å². The van der Waals surface area contributed by atoms with Gasteiger partial charge in [-0.25, -0.2) is 4.79 Å². The number of nitrogens with two attached hydrogens (primary N) is 1. The lowest BCUT2D eigenvalue weighted by Crippen LogP contribution is -2.04. The molecule has 0 aliphatic carbocycles. The molecule has 1 heterocycles. The van der Waals surface area contributed by atoms with Crippen LogP contribution in [0.1, 0.15) is 16.6 Å². The van der Waals surface area contributed by atoms with Gasteiger partial charge in [-0.05, 0) is 35.4 Å². The molecule has 3 aromatic rings. The van der Waals surface area contributed by atoms with E-state index in [1.807, 2.05) is 24.3 Å². The van der Waals surface area contributed by atoms with Crippen LogP contribution in [-0.4, -0.2) is 12.6 Å². The molecule has 3 nitrogen and oxygen atoms in total. The Bertz CT molecular complexity index is 807. The predicted molar refractivity (Wildman–Crippen MR) is 87.6 cm³/mol. The number of rotatable bonds is 3. The number of benzene rings is 2. The molecule has 0 saturated carbocycles. The van der Waals surface area contributed by atoms with Crippen molar-refractivity contribution in [3.8, 4) is 10.4 Å². The van der Waals surface area contributed by atoms with Crippen molar-refractivity contribution >= 4 is 33.8 Å². The molecule has 2 N–H and O–H groups in total. The number of nitrogen functional groups attached to an aromatic ring is 1. The molecular weight excluding hydrogens is 282 g/mol. The molecule has 2 aromatic carbocycles. The van der Waals surface area contributed by atoms with Gasteiger partial charge in [-0.1, -0.05) is 36.4 Å². The van der Waals surface area contributed by atoms with Gasteiger partial charge in [0.15, 0.2) is 0 Å². The second-order valence-corrected chi connectivity index (χ2v) is 5.73. The van der Waals surface area contributed by atoms with Crippen LogP contribution in [0.15, 0.2) is 48.5 Å². The van der Waals surface area contributed by atoms with Gasteiger partial charge in [0, 0.05) is 4.88 Å². The van der Waals surface area contributed by atoms with Gasteiger partial charge in [-0.2, -0.15) is 0 Å². The Labute approximate surface area is 127 Å². The zero-order chi connectivity index (χ0) is 14.8. The summed E-state index contributed by atoms with van der Waals surface area (Å²) in [6.07, 6.45) is 0. The molecule has 1 aromatic heterocycles. The molecule has 0 atom stereocenters. The number of hydrogen-bond acceptors (Lipinski definition) is 4. The molecule has 0 saturated heterocycles. The van der Waals surface area contributed by atoms with E-state index in [1.54, 1.807) is 6.92 Å². The van der Waals surface area contributed by atoms with E-state index in [-0.39, 0.29) is 5.97 Å². The van der Waals surface area contributed by atoms with Gasteiger partial charge in [-0.15, -0.1) is 11.3 Å². The van der Waals surface area contributed by atoms with Crippen molar-refractivity contribution < 1.29 is 9.53 Å². The van der Waals surface area contributed by atoms with E-state index in [0.717, 1.165) is 10.4 Å². The van der Waals surface area contributed by atoms with Crippen LogP contribution in [0.5, 0.6) is 0 Å². The van der Waals surface area contributed by atoms with E-state index in [1.165, 1.54) is 22.1 Å². The summed E-state index contributed by atoms with van der Waals surface area (Å²) in [6, 6.07) is 16.2. The van der Waals surface area contributed by atoms with Crippen molar-refractivity contribution in [2.24, 2.45) is 0 Å². The van der Waals surface area contributed by atoms with E-state index < -0.39 is 0 Å². The monoisotopic (exact) mass is 297 g/mol. The Hall–Kier alpha value is -2.33. The number of esters is 1. The van der Waals surface area contributed by atoms with Gasteiger partial charge in [-0.3, -0.25) is 0 Å². The van der Waals surface area contributed by atoms with Gasteiger partial charge in [0.25, 0.3) is 0 Å². The van der Waals surface area contributed by atoms with Crippen LogP contribution in [0.25, 0.3) is 21.2 Å². The third kappa shape index (κ3) is 2.62. The summed E-state index contributed by atoms with van der Waals surface area (Å²) in [5.41, 5.74) is 7.46. The van der Waals surface area contributed by atoms with Gasteiger partial charge >= 0.3 is 5.97 Å². The summed E-state index contributed by atoms with van der Waals surface area (Å²) >= 11 is 1.37. The third-order valence-corrected chi connectivity index (χ3v) is 4.44. The van der Waals surface area contributed by atoms with E-state index in [2.05, 4.69) is 24.3 Å². The maximum absolute atomic E-state index is 11.8. The van der Waals surface area contributed by atoms with Crippen LogP contribution < -0.4 is 5.73 Å². The van der Waals surface area contributed by atoms with Crippen molar-refractivity contribution in [2.75, 3.05) is 12.3 Å². The predicted octanol–water partition coefficient (Wildman–Crippen LogP) is 4.33. The Morgan fingerprint density at radius 3 is 2.67 bits per heavy atom. The van der Waals surface area contributed by atoms with Gasteiger partial charge < -0.3 is 10.5 Å². The third-order valence-electron chi connectivity index (χ3n) is 3.26. The normalized spacial score (nSPS) is 10.7. The van der Waals surface area contributed by atoms with Crippen LogP contribution >= 0.6 is 11.3 Å². The molecule has 0 fully saturated rings. The molecule has 0 amide bonds. The molecule has 0 spiro atoms. The highest BCUT2D eigenvalue weighted by Gasteiger charge is 2.16. The molecule has 3 rings (SSSR count). The van der Waals surface area contributed by atoms with Crippen LogP contribution in [0.2, 0.25) is 0 Å². The maximum atomic E-state index is 11.8. The summed E-state index contributed by atoms with van der Waals surface area (Å²) < 4.78 is 5.02. The Morgan fingerprint density at radius 1 is 1.14 bits per heavy atom. The van der Waals surface area contributed by atoms with Crippen molar-refractivity contribution in [1.82, 2.24) is 0 Å². The Balaban J connectivity index is 2.02. The minimum absolute atomic E-state index is 0.349. The minimum Gasteiger partial charge on any atom is -0.462 e. The first kappa shape index (κ1) is 13.6. The number of thiophene rings is 1. The van der Waals surface area contributed by atoms with Crippen LogP contribution in [0.4, 0.5) is 5.69 Å². The van der Waals surface area contributed by atoms with Crippen LogP contribution in [-0.2, 0) is 4.74 Å². The SMILES string of the molecule is CCOC(=O)c1sc(-c2ccc3ccccc3c2)cc1N. The number of carbonyl (C=O) groups is 1. The second kappa shape index (κ2) is 5.58. The van der Waals surface area contributed by atoms with Crippen LogP contribution in [0, 0.1) is 0 Å². The van der Waals surface area contributed by atoms with E-state index >= 15 is 0 Å². The highest BCUT2D eigenvalue weighted by Crippen LogP contribution is 2.35. The smallest absolute Gasteiger partial charge is 0.350 e. The van der Waals surface area contributed by atoms with E-state index in [4.69, 9.17) is 10.5 Å². The van der Waals surface area contributed by atoms with E-state index in [0.29, 0.717) is 17.2 Å². The largest absolute Gasteiger partial charge is 0.462 e. The van der Waals surface area contributed by atoms with Gasteiger partial charge in [0.1, 0.15) is 4.88 Å². The average Bonchev–Trinajstić information content (AvgIpc) is 2.89. The van der Waals surface area contributed by atoms with Crippen molar-refractivity contribution in [1.29, 1.82) is 0 Å². The highest BCUT2D eigenvalue weighted by atomic mass is 32.1. The number of carbonyl (C=O) groups excluding carboxylic acids is 1. The van der Waals surface area contributed by atoms with Crippen molar-refractivity contribution in [3.63, 3.8) is 0 Å². The number of anilines is 1. The molecule has 0 radical (unpaired) electrons. The van der Waals surface area contributed by atoms with Crippen molar-refractivity contribution in [2.45, 2.75) is 6.92 Å². The number of ether oxygens (including phenoxy) is 1. The van der Waals surface area contributed by atoms with E-state index in [9.17, 15) is 4.79 Å². The first-order chi connectivity index (χ1) is 10.2. The first-order valence-corrected chi connectivity index (χ1v) is 7.56. The Kier molecular flexibility index (Phi) is 3.62. The number of hydrogen-bond donors (Lipinski definition) is 1. The van der Waals surface area contributed by atoms with Crippen LogP contribution in [0.3, 0.4) is 0 Å². The zero-order valence-corrected chi connectivity index (χ0v) is 12.4. The lowest BCUT2D eigenvalue weighted by atomic mass is 10.1. The molecule has 106 valence electrons. The molecule has 0 bridgehead atoms. The average molecular weight is 297 g/mol. The highest BCUT2D eigenvalue weighted by molar-refractivity contribution is 7.18. The molecule has 0 unspecified atom stereocenters. The van der Waals surface area contributed by atoms with Gasteiger partial charge in [0.05, 0.1) is 12.3 Å². The molecule has 0 aliphatic heterocycles. The van der Waals surface area contributed by atoms with Gasteiger partial charge in [0.2, 0.25) is 0 Å². The second-order valence-electron chi connectivity index (χ2n) is 4.68. The summed E-state index contributed by atoms with van der Waals surface area (Å²) in [4.78, 5) is 13.3. The lowest BCUT2D eigenvalue weighted by molar-refractivity contribution is 0.0533. The topological polar surface area (TPSA) is 52.3 Å². The molecule has 4 heteroatoms. The minimum atomic E-state index is -0.355. The fraction of sp³-hybridized carbons (Fsp3) is 0.118.